The number of amides is 3. The number of hydrogen-bond donors (Lipinski definition) is 3. The van der Waals surface area contributed by atoms with Crippen LogP contribution in [0.1, 0.15) is 23.5 Å². The van der Waals surface area contributed by atoms with Crippen molar-refractivity contribution in [3.8, 4) is 0 Å². The van der Waals surface area contributed by atoms with E-state index in [4.69, 9.17) is 0 Å². The highest BCUT2D eigenvalue weighted by molar-refractivity contribution is 9.11. The van der Waals surface area contributed by atoms with Crippen molar-refractivity contribution in [1.82, 2.24) is 16.0 Å². The zero-order chi connectivity index (χ0) is 15.1. The zero-order valence-corrected chi connectivity index (χ0v) is 13.6. The molecule has 1 rings (SSSR count). The summed E-state index contributed by atoms with van der Waals surface area (Å²) in [6, 6.07) is 3.45. The number of carbonyl (C=O) groups excluding carboxylic acids is 3. The van der Waals surface area contributed by atoms with E-state index in [0.717, 1.165) is 3.79 Å². The topological polar surface area (TPSA) is 87.3 Å². The van der Waals surface area contributed by atoms with Crippen molar-refractivity contribution in [1.29, 1.82) is 0 Å². The molecular formula is C12H16BrN3O3S. The molecule has 0 aliphatic rings. The van der Waals surface area contributed by atoms with E-state index in [-0.39, 0.29) is 30.9 Å². The van der Waals surface area contributed by atoms with E-state index in [1.807, 2.05) is 13.8 Å². The molecule has 0 unspecified atom stereocenters. The minimum absolute atomic E-state index is 0.0244. The normalized spacial score (nSPS) is 10.2. The van der Waals surface area contributed by atoms with Gasteiger partial charge in [0.25, 0.3) is 5.91 Å². The van der Waals surface area contributed by atoms with Crippen molar-refractivity contribution < 1.29 is 14.4 Å². The van der Waals surface area contributed by atoms with Crippen molar-refractivity contribution in [2.45, 2.75) is 19.9 Å². The molecule has 1 heterocycles. The predicted molar refractivity (Wildman–Crippen MR) is 80.6 cm³/mol. The highest BCUT2D eigenvalue weighted by Crippen LogP contribution is 2.21. The van der Waals surface area contributed by atoms with Crippen molar-refractivity contribution in [2.75, 3.05) is 13.1 Å². The Morgan fingerprint density at radius 3 is 2.35 bits per heavy atom. The van der Waals surface area contributed by atoms with Crippen LogP contribution in [0.4, 0.5) is 0 Å². The van der Waals surface area contributed by atoms with Gasteiger partial charge >= 0.3 is 0 Å². The van der Waals surface area contributed by atoms with Gasteiger partial charge in [-0.1, -0.05) is 0 Å². The maximum Gasteiger partial charge on any atom is 0.261 e. The quantitative estimate of drug-likeness (QED) is 0.702. The molecule has 0 aliphatic carbocycles. The van der Waals surface area contributed by atoms with E-state index in [1.54, 1.807) is 12.1 Å². The largest absolute Gasteiger partial charge is 0.352 e. The van der Waals surface area contributed by atoms with E-state index in [9.17, 15) is 14.4 Å². The van der Waals surface area contributed by atoms with Gasteiger partial charge in [-0.05, 0) is 41.9 Å². The molecule has 0 atom stereocenters. The Morgan fingerprint density at radius 1 is 1.15 bits per heavy atom. The number of hydrogen-bond acceptors (Lipinski definition) is 4. The fourth-order valence-corrected chi connectivity index (χ4v) is 2.60. The lowest BCUT2D eigenvalue weighted by Gasteiger charge is -2.09. The van der Waals surface area contributed by atoms with E-state index in [1.165, 1.54) is 11.3 Å². The third kappa shape index (κ3) is 6.16. The van der Waals surface area contributed by atoms with Gasteiger partial charge in [0.05, 0.1) is 21.8 Å². The first-order valence-corrected chi connectivity index (χ1v) is 7.59. The fraction of sp³-hybridized carbons (Fsp3) is 0.417. The first-order valence-electron chi connectivity index (χ1n) is 5.98. The molecule has 20 heavy (non-hydrogen) atoms. The molecule has 110 valence electrons. The summed E-state index contributed by atoms with van der Waals surface area (Å²) in [4.78, 5) is 34.9. The number of carbonyl (C=O) groups is 3. The first kappa shape index (κ1) is 16.6. The molecule has 3 N–H and O–H groups in total. The van der Waals surface area contributed by atoms with Gasteiger partial charge in [-0.15, -0.1) is 11.3 Å². The first-order chi connectivity index (χ1) is 9.38. The van der Waals surface area contributed by atoms with Crippen LogP contribution in [0.5, 0.6) is 0 Å². The van der Waals surface area contributed by atoms with Crippen LogP contribution in [0.25, 0.3) is 0 Å². The van der Waals surface area contributed by atoms with Gasteiger partial charge in [-0.25, -0.2) is 0 Å². The Labute approximate surface area is 129 Å². The molecule has 0 radical (unpaired) electrons. The molecule has 0 saturated carbocycles. The van der Waals surface area contributed by atoms with Crippen molar-refractivity contribution in [3.05, 3.63) is 20.8 Å². The average molecular weight is 362 g/mol. The third-order valence-electron chi connectivity index (χ3n) is 2.10. The maximum absolute atomic E-state index is 11.7. The van der Waals surface area contributed by atoms with E-state index in [2.05, 4.69) is 31.9 Å². The highest BCUT2D eigenvalue weighted by atomic mass is 79.9. The average Bonchev–Trinajstić information content (AvgIpc) is 2.79. The zero-order valence-electron chi connectivity index (χ0n) is 11.2. The molecule has 1 aromatic heterocycles. The van der Waals surface area contributed by atoms with Crippen LogP contribution in [0.2, 0.25) is 0 Å². The standard InChI is InChI=1S/C12H16BrN3O3S/c1-7(2)16-11(18)6-14-10(17)5-15-12(19)8-3-4-9(13)20-8/h3-4,7H,5-6H2,1-2H3,(H,14,17)(H,15,19)(H,16,18). The molecule has 0 fully saturated rings. The number of thiophene rings is 1. The third-order valence-corrected chi connectivity index (χ3v) is 3.72. The summed E-state index contributed by atoms with van der Waals surface area (Å²) in [5, 5.41) is 7.56. The summed E-state index contributed by atoms with van der Waals surface area (Å²) in [5.74, 6) is -0.989. The Kier molecular flexibility index (Phi) is 6.66. The van der Waals surface area contributed by atoms with E-state index in [0.29, 0.717) is 4.88 Å². The summed E-state index contributed by atoms with van der Waals surface area (Å²) < 4.78 is 0.845. The molecule has 0 aromatic carbocycles. The highest BCUT2D eigenvalue weighted by Gasteiger charge is 2.11. The van der Waals surface area contributed by atoms with E-state index >= 15 is 0 Å². The molecule has 6 nitrogen and oxygen atoms in total. The second-order valence-electron chi connectivity index (χ2n) is 4.29. The van der Waals surface area contributed by atoms with Crippen LogP contribution < -0.4 is 16.0 Å². The second-order valence-corrected chi connectivity index (χ2v) is 6.75. The lowest BCUT2D eigenvalue weighted by atomic mass is 10.4. The fourth-order valence-electron chi connectivity index (χ4n) is 1.30. The molecule has 0 spiro atoms. The van der Waals surface area contributed by atoms with Crippen molar-refractivity contribution in [2.24, 2.45) is 0 Å². The molecular weight excluding hydrogens is 346 g/mol. The summed E-state index contributed by atoms with van der Waals surface area (Å²) >= 11 is 4.54. The van der Waals surface area contributed by atoms with Crippen LogP contribution in [-0.2, 0) is 9.59 Å². The van der Waals surface area contributed by atoms with Gasteiger partial charge in [0.2, 0.25) is 11.8 Å². The Morgan fingerprint density at radius 2 is 1.80 bits per heavy atom. The summed E-state index contributed by atoms with van der Waals surface area (Å²) in [6.07, 6.45) is 0. The van der Waals surface area contributed by atoms with Crippen LogP contribution in [-0.4, -0.2) is 36.9 Å². The summed E-state index contributed by atoms with van der Waals surface area (Å²) in [6.45, 7) is 3.40. The minimum Gasteiger partial charge on any atom is -0.352 e. The number of nitrogens with one attached hydrogen (secondary N) is 3. The molecule has 0 saturated heterocycles. The van der Waals surface area contributed by atoms with Gasteiger partial charge in [-0.3, -0.25) is 14.4 Å². The van der Waals surface area contributed by atoms with Crippen LogP contribution in [0.3, 0.4) is 0 Å². The van der Waals surface area contributed by atoms with Gasteiger partial charge in [-0.2, -0.15) is 0 Å². The van der Waals surface area contributed by atoms with Gasteiger partial charge in [0, 0.05) is 6.04 Å². The minimum atomic E-state index is -0.409. The number of rotatable bonds is 6. The molecule has 0 bridgehead atoms. The van der Waals surface area contributed by atoms with Crippen LogP contribution >= 0.6 is 27.3 Å². The summed E-state index contributed by atoms with van der Waals surface area (Å²) in [7, 11) is 0. The van der Waals surface area contributed by atoms with Gasteiger partial charge in [0.15, 0.2) is 0 Å². The van der Waals surface area contributed by atoms with Gasteiger partial charge in [0.1, 0.15) is 0 Å². The smallest absolute Gasteiger partial charge is 0.261 e. The van der Waals surface area contributed by atoms with Crippen molar-refractivity contribution >= 4 is 45.0 Å². The Bertz CT molecular complexity index is 502. The van der Waals surface area contributed by atoms with Gasteiger partial charge < -0.3 is 16.0 Å². The number of halogens is 1. The molecule has 1 aromatic rings. The molecule has 3 amide bonds. The second kappa shape index (κ2) is 8.01. The van der Waals surface area contributed by atoms with E-state index < -0.39 is 5.91 Å². The van der Waals surface area contributed by atoms with Crippen molar-refractivity contribution in [3.63, 3.8) is 0 Å². The summed E-state index contributed by atoms with van der Waals surface area (Å²) in [5.41, 5.74) is 0. The lowest BCUT2D eigenvalue weighted by Crippen LogP contribution is -2.43. The molecule has 8 heteroatoms. The predicted octanol–water partition coefficient (Wildman–Crippen LogP) is 0.881. The lowest BCUT2D eigenvalue weighted by molar-refractivity contribution is -0.125. The SMILES string of the molecule is CC(C)NC(=O)CNC(=O)CNC(=O)c1ccc(Br)s1. The van der Waals surface area contributed by atoms with Crippen LogP contribution in [0, 0.1) is 0 Å². The molecule has 0 aliphatic heterocycles. The van der Waals surface area contributed by atoms with Crippen LogP contribution in [0.15, 0.2) is 15.9 Å². The maximum atomic E-state index is 11.7. The Hall–Kier alpha value is -1.41. The monoisotopic (exact) mass is 361 g/mol. The Balaban J connectivity index is 2.26.